The highest BCUT2D eigenvalue weighted by atomic mass is 32.1. The summed E-state index contributed by atoms with van der Waals surface area (Å²) in [5, 5.41) is 5.23. The Hall–Kier alpha value is -1.39. The lowest BCUT2D eigenvalue weighted by Crippen LogP contribution is -2.19. The van der Waals surface area contributed by atoms with Crippen molar-refractivity contribution < 1.29 is 4.39 Å². The van der Waals surface area contributed by atoms with Crippen molar-refractivity contribution in [1.82, 2.24) is 0 Å². The lowest BCUT2D eigenvalue weighted by atomic mass is 10.2. The van der Waals surface area contributed by atoms with Crippen LogP contribution >= 0.6 is 11.3 Å². The van der Waals surface area contributed by atoms with Crippen LogP contribution in [0.1, 0.15) is 16.5 Å². The lowest BCUT2D eigenvalue weighted by molar-refractivity contribution is 0.618. The van der Waals surface area contributed by atoms with Gasteiger partial charge in [0.2, 0.25) is 0 Å². The highest BCUT2D eigenvalue weighted by Crippen LogP contribution is 2.18. The van der Waals surface area contributed by atoms with E-state index in [9.17, 15) is 4.39 Å². The number of rotatable bonds is 4. The summed E-state index contributed by atoms with van der Waals surface area (Å²) in [4.78, 5) is 1.15. The van der Waals surface area contributed by atoms with Gasteiger partial charge in [-0.15, -0.1) is 11.3 Å². The first-order chi connectivity index (χ1) is 8.16. The van der Waals surface area contributed by atoms with Gasteiger partial charge in [-0.05, 0) is 42.1 Å². The molecule has 4 heteroatoms. The molecule has 1 aromatic heterocycles. The summed E-state index contributed by atoms with van der Waals surface area (Å²) in [6, 6.07) is 8.96. The number of nitrogens with two attached hydrogens (primary N) is 1. The van der Waals surface area contributed by atoms with Crippen LogP contribution in [0.4, 0.5) is 10.1 Å². The van der Waals surface area contributed by atoms with Crippen LogP contribution in [0.15, 0.2) is 35.7 Å². The molecule has 0 radical (unpaired) electrons. The Bertz CT molecular complexity index is 482. The number of hydrogen-bond acceptors (Lipinski definition) is 3. The first-order valence-corrected chi connectivity index (χ1v) is 6.34. The number of benzene rings is 1. The minimum Gasteiger partial charge on any atom is -0.383 e. The summed E-state index contributed by atoms with van der Waals surface area (Å²) in [5.74, 6) is -0.182. The molecule has 1 heterocycles. The number of hydrogen-bond donors (Lipinski definition) is 2. The average Bonchev–Trinajstić information content (AvgIpc) is 2.84. The molecule has 1 atom stereocenters. The van der Waals surface area contributed by atoms with Gasteiger partial charge < -0.3 is 11.1 Å². The minimum atomic E-state index is -0.182. The van der Waals surface area contributed by atoms with Crippen LogP contribution in [-0.2, 0) is 0 Å². The van der Waals surface area contributed by atoms with Crippen molar-refractivity contribution >= 4 is 17.0 Å². The number of nitrogens with one attached hydrogen (secondary N) is 1. The maximum absolute atomic E-state index is 13.1. The molecule has 0 saturated heterocycles. The number of aryl methyl sites for hydroxylation is 1. The normalized spacial score (nSPS) is 12.4. The zero-order valence-corrected chi connectivity index (χ0v) is 10.4. The molecule has 0 fully saturated rings. The first-order valence-electron chi connectivity index (χ1n) is 5.46. The third kappa shape index (κ3) is 3.05. The molecular weight excluding hydrogens is 235 g/mol. The molecule has 0 amide bonds. The molecule has 90 valence electrons. The molecule has 0 saturated carbocycles. The van der Waals surface area contributed by atoms with Crippen molar-refractivity contribution in [1.29, 1.82) is 0 Å². The van der Waals surface area contributed by atoms with E-state index < -0.39 is 0 Å². The molecule has 1 aromatic carbocycles. The molecule has 0 aliphatic heterocycles. The summed E-state index contributed by atoms with van der Waals surface area (Å²) in [6.07, 6.45) is 0. The largest absolute Gasteiger partial charge is 0.383 e. The van der Waals surface area contributed by atoms with Crippen LogP contribution in [0.2, 0.25) is 0 Å². The Balaban J connectivity index is 1.96. The maximum Gasteiger partial charge on any atom is 0.126 e. The van der Waals surface area contributed by atoms with Gasteiger partial charge in [0.1, 0.15) is 5.82 Å². The lowest BCUT2D eigenvalue weighted by Gasteiger charge is -2.12. The van der Waals surface area contributed by atoms with E-state index in [1.165, 1.54) is 6.07 Å². The number of anilines is 1. The van der Waals surface area contributed by atoms with Crippen LogP contribution in [0.3, 0.4) is 0 Å². The minimum absolute atomic E-state index is 0.0274. The summed E-state index contributed by atoms with van der Waals surface area (Å²) in [6.45, 7) is 2.39. The van der Waals surface area contributed by atoms with Crippen molar-refractivity contribution in [2.24, 2.45) is 5.73 Å². The van der Waals surface area contributed by atoms with Gasteiger partial charge in [-0.2, -0.15) is 0 Å². The molecule has 3 N–H and O–H groups in total. The monoisotopic (exact) mass is 250 g/mol. The highest BCUT2D eigenvalue weighted by Gasteiger charge is 2.06. The Labute approximate surface area is 104 Å². The van der Waals surface area contributed by atoms with Crippen LogP contribution in [0.25, 0.3) is 0 Å². The second-order valence-electron chi connectivity index (χ2n) is 3.97. The van der Waals surface area contributed by atoms with Gasteiger partial charge in [-0.25, -0.2) is 4.39 Å². The molecule has 1 unspecified atom stereocenters. The predicted octanol–water partition coefficient (Wildman–Crippen LogP) is 3.31. The third-order valence-corrected chi connectivity index (χ3v) is 3.60. The average molecular weight is 250 g/mol. The standard InChI is InChI=1S/C13H15FN2S/c1-9-7-10(4-5-11(9)14)16-8-12(15)13-3-2-6-17-13/h2-7,12,16H,8,15H2,1H3. The summed E-state index contributed by atoms with van der Waals surface area (Å²) < 4.78 is 13.1. The SMILES string of the molecule is Cc1cc(NCC(N)c2cccs2)ccc1F. The van der Waals surface area contributed by atoms with E-state index in [0.717, 1.165) is 10.6 Å². The second kappa shape index (κ2) is 5.29. The van der Waals surface area contributed by atoms with Crippen LogP contribution < -0.4 is 11.1 Å². The van der Waals surface area contributed by atoms with E-state index >= 15 is 0 Å². The van der Waals surface area contributed by atoms with Gasteiger partial charge in [-0.3, -0.25) is 0 Å². The fourth-order valence-electron chi connectivity index (χ4n) is 1.59. The Morgan fingerprint density at radius 2 is 2.24 bits per heavy atom. The fourth-order valence-corrected chi connectivity index (χ4v) is 2.31. The Morgan fingerprint density at radius 1 is 1.41 bits per heavy atom. The van der Waals surface area contributed by atoms with Gasteiger partial charge in [0, 0.05) is 17.1 Å². The maximum atomic E-state index is 13.1. The van der Waals surface area contributed by atoms with E-state index in [1.54, 1.807) is 30.4 Å². The van der Waals surface area contributed by atoms with E-state index in [4.69, 9.17) is 5.73 Å². The molecule has 0 bridgehead atoms. The molecule has 17 heavy (non-hydrogen) atoms. The van der Waals surface area contributed by atoms with E-state index in [-0.39, 0.29) is 11.9 Å². The Kier molecular flexibility index (Phi) is 3.76. The zero-order valence-electron chi connectivity index (χ0n) is 9.61. The van der Waals surface area contributed by atoms with Crippen LogP contribution in [-0.4, -0.2) is 6.54 Å². The van der Waals surface area contributed by atoms with Gasteiger partial charge in [0.05, 0.1) is 6.04 Å². The van der Waals surface area contributed by atoms with E-state index in [2.05, 4.69) is 5.32 Å². The molecule has 2 rings (SSSR count). The van der Waals surface area contributed by atoms with Crippen molar-refractivity contribution in [2.45, 2.75) is 13.0 Å². The van der Waals surface area contributed by atoms with Crippen molar-refractivity contribution in [3.8, 4) is 0 Å². The van der Waals surface area contributed by atoms with Gasteiger partial charge in [-0.1, -0.05) is 6.07 Å². The van der Waals surface area contributed by atoms with Crippen molar-refractivity contribution in [3.63, 3.8) is 0 Å². The quantitative estimate of drug-likeness (QED) is 0.873. The molecule has 0 spiro atoms. The third-order valence-electron chi connectivity index (χ3n) is 2.59. The molecule has 0 aliphatic carbocycles. The van der Waals surface area contributed by atoms with Crippen LogP contribution in [0.5, 0.6) is 0 Å². The Morgan fingerprint density at radius 3 is 2.88 bits per heavy atom. The van der Waals surface area contributed by atoms with Gasteiger partial charge in [0.25, 0.3) is 0 Å². The number of halogens is 1. The van der Waals surface area contributed by atoms with Gasteiger partial charge >= 0.3 is 0 Å². The predicted molar refractivity (Wildman–Crippen MR) is 70.9 cm³/mol. The topological polar surface area (TPSA) is 38.0 Å². The summed E-state index contributed by atoms with van der Waals surface area (Å²) in [7, 11) is 0. The number of thiophene rings is 1. The fraction of sp³-hybridized carbons (Fsp3) is 0.231. The van der Waals surface area contributed by atoms with Crippen LogP contribution in [0, 0.1) is 12.7 Å². The zero-order chi connectivity index (χ0) is 12.3. The molecule has 0 aliphatic rings. The first kappa shape index (κ1) is 12.1. The highest BCUT2D eigenvalue weighted by molar-refractivity contribution is 7.10. The molecule has 2 nitrogen and oxygen atoms in total. The molecular formula is C13H15FN2S. The van der Waals surface area contributed by atoms with E-state index in [1.807, 2.05) is 17.5 Å². The smallest absolute Gasteiger partial charge is 0.126 e. The summed E-state index contributed by atoms with van der Waals surface area (Å²) in [5.41, 5.74) is 7.57. The molecule has 2 aromatic rings. The van der Waals surface area contributed by atoms with Crippen molar-refractivity contribution in [3.05, 3.63) is 52.0 Å². The van der Waals surface area contributed by atoms with E-state index in [0.29, 0.717) is 12.1 Å². The summed E-state index contributed by atoms with van der Waals surface area (Å²) >= 11 is 1.65. The second-order valence-corrected chi connectivity index (χ2v) is 4.95. The van der Waals surface area contributed by atoms with Gasteiger partial charge in [0.15, 0.2) is 0 Å². The van der Waals surface area contributed by atoms with Crippen molar-refractivity contribution in [2.75, 3.05) is 11.9 Å².